The zero-order chi connectivity index (χ0) is 16.7. The molecule has 0 aliphatic heterocycles. The molecule has 0 bridgehead atoms. The standard InChI is InChI=1S/C18H23N3O2/c1-4-14-5-8-16(9-6-14)13(2)21-18(22)20-12-15-7-10-17(23-3)19-11-15/h5-11,13H,4,12H2,1-3H3,(H2,20,21,22). The summed E-state index contributed by atoms with van der Waals surface area (Å²) >= 11 is 0. The first kappa shape index (κ1) is 16.8. The number of amides is 2. The highest BCUT2D eigenvalue weighted by Gasteiger charge is 2.09. The minimum Gasteiger partial charge on any atom is -0.481 e. The number of nitrogens with zero attached hydrogens (tertiary/aromatic N) is 1. The molecule has 0 spiro atoms. The van der Waals surface area contributed by atoms with Gasteiger partial charge in [-0.2, -0.15) is 0 Å². The normalized spacial score (nSPS) is 11.6. The molecule has 1 aromatic carbocycles. The quantitative estimate of drug-likeness (QED) is 0.860. The van der Waals surface area contributed by atoms with Crippen LogP contribution in [0.3, 0.4) is 0 Å². The Bertz CT molecular complexity index is 624. The van der Waals surface area contributed by atoms with E-state index in [0.717, 1.165) is 17.5 Å². The number of rotatable bonds is 6. The lowest BCUT2D eigenvalue weighted by atomic mass is 10.1. The van der Waals surface area contributed by atoms with Crippen molar-refractivity contribution in [2.75, 3.05) is 7.11 Å². The molecule has 5 heteroatoms. The number of ether oxygens (including phenoxy) is 1. The van der Waals surface area contributed by atoms with Crippen LogP contribution in [0.15, 0.2) is 42.6 Å². The third-order valence-electron chi connectivity index (χ3n) is 3.70. The molecule has 0 radical (unpaired) electrons. The van der Waals surface area contributed by atoms with Crippen molar-refractivity contribution in [1.29, 1.82) is 0 Å². The number of urea groups is 1. The molecule has 2 rings (SSSR count). The van der Waals surface area contributed by atoms with Crippen LogP contribution in [0.1, 0.15) is 36.6 Å². The first-order chi connectivity index (χ1) is 11.1. The lowest BCUT2D eigenvalue weighted by Crippen LogP contribution is -2.36. The predicted molar refractivity (Wildman–Crippen MR) is 90.4 cm³/mol. The lowest BCUT2D eigenvalue weighted by Gasteiger charge is -2.15. The third-order valence-corrected chi connectivity index (χ3v) is 3.70. The number of pyridine rings is 1. The molecule has 1 heterocycles. The van der Waals surface area contributed by atoms with Crippen LogP contribution in [0, 0.1) is 0 Å². The van der Waals surface area contributed by atoms with Gasteiger partial charge in [0.1, 0.15) is 0 Å². The summed E-state index contributed by atoms with van der Waals surface area (Å²) in [4.78, 5) is 16.1. The summed E-state index contributed by atoms with van der Waals surface area (Å²) in [5.74, 6) is 0.558. The highest BCUT2D eigenvalue weighted by Crippen LogP contribution is 2.13. The molecule has 23 heavy (non-hydrogen) atoms. The average molecular weight is 313 g/mol. The Labute approximate surface area is 137 Å². The van der Waals surface area contributed by atoms with Crippen LogP contribution in [-0.2, 0) is 13.0 Å². The van der Waals surface area contributed by atoms with Gasteiger partial charge < -0.3 is 15.4 Å². The zero-order valence-corrected chi connectivity index (χ0v) is 13.8. The summed E-state index contributed by atoms with van der Waals surface area (Å²) in [6.45, 7) is 4.51. The van der Waals surface area contributed by atoms with E-state index in [1.807, 2.05) is 13.0 Å². The fourth-order valence-corrected chi connectivity index (χ4v) is 2.19. The van der Waals surface area contributed by atoms with Gasteiger partial charge in [0.15, 0.2) is 0 Å². The lowest BCUT2D eigenvalue weighted by molar-refractivity contribution is 0.237. The number of carbonyl (C=O) groups excluding carboxylic acids is 1. The van der Waals surface area contributed by atoms with Crippen molar-refractivity contribution in [1.82, 2.24) is 15.6 Å². The van der Waals surface area contributed by atoms with E-state index >= 15 is 0 Å². The van der Waals surface area contributed by atoms with Crippen LogP contribution < -0.4 is 15.4 Å². The van der Waals surface area contributed by atoms with Crippen molar-refractivity contribution in [2.24, 2.45) is 0 Å². The fraction of sp³-hybridized carbons (Fsp3) is 0.333. The smallest absolute Gasteiger partial charge is 0.315 e. The van der Waals surface area contributed by atoms with E-state index in [0.29, 0.717) is 12.4 Å². The van der Waals surface area contributed by atoms with E-state index in [2.05, 4.69) is 46.8 Å². The highest BCUT2D eigenvalue weighted by molar-refractivity contribution is 5.74. The Morgan fingerprint density at radius 1 is 1.17 bits per heavy atom. The van der Waals surface area contributed by atoms with Gasteiger partial charge in [-0.15, -0.1) is 0 Å². The second kappa shape index (κ2) is 8.17. The van der Waals surface area contributed by atoms with Crippen molar-refractivity contribution in [3.63, 3.8) is 0 Å². The zero-order valence-electron chi connectivity index (χ0n) is 13.8. The number of aromatic nitrogens is 1. The van der Waals surface area contributed by atoms with Crippen LogP contribution in [0.2, 0.25) is 0 Å². The molecule has 1 atom stereocenters. The van der Waals surface area contributed by atoms with Crippen LogP contribution in [-0.4, -0.2) is 18.1 Å². The van der Waals surface area contributed by atoms with E-state index in [1.165, 1.54) is 5.56 Å². The second-order valence-electron chi connectivity index (χ2n) is 5.35. The maximum atomic E-state index is 12.0. The molecule has 0 aliphatic carbocycles. The monoisotopic (exact) mass is 313 g/mol. The summed E-state index contributed by atoms with van der Waals surface area (Å²) in [5, 5.41) is 5.76. The van der Waals surface area contributed by atoms with Gasteiger partial charge in [0.25, 0.3) is 0 Å². The SMILES string of the molecule is CCc1ccc(C(C)NC(=O)NCc2ccc(OC)nc2)cc1. The van der Waals surface area contributed by atoms with E-state index in [-0.39, 0.29) is 12.1 Å². The van der Waals surface area contributed by atoms with Gasteiger partial charge in [0.2, 0.25) is 5.88 Å². The summed E-state index contributed by atoms with van der Waals surface area (Å²) in [7, 11) is 1.57. The minimum atomic E-state index is -0.201. The number of methoxy groups -OCH3 is 1. The van der Waals surface area contributed by atoms with Crippen molar-refractivity contribution in [3.8, 4) is 5.88 Å². The summed E-state index contributed by atoms with van der Waals surface area (Å²) < 4.78 is 5.00. The summed E-state index contributed by atoms with van der Waals surface area (Å²) in [6.07, 6.45) is 2.70. The van der Waals surface area contributed by atoms with Gasteiger partial charge >= 0.3 is 6.03 Å². The molecule has 0 saturated carbocycles. The largest absolute Gasteiger partial charge is 0.481 e. The summed E-state index contributed by atoms with van der Waals surface area (Å²) in [5.41, 5.74) is 3.29. The summed E-state index contributed by atoms with van der Waals surface area (Å²) in [6, 6.07) is 11.7. The number of carbonyl (C=O) groups is 1. The molecule has 0 fully saturated rings. The number of benzene rings is 1. The molecule has 5 nitrogen and oxygen atoms in total. The van der Waals surface area contributed by atoms with Crippen molar-refractivity contribution >= 4 is 6.03 Å². The third kappa shape index (κ3) is 4.98. The van der Waals surface area contributed by atoms with Gasteiger partial charge in [0.05, 0.1) is 13.2 Å². The van der Waals surface area contributed by atoms with E-state index in [9.17, 15) is 4.79 Å². The molecule has 0 saturated heterocycles. The second-order valence-corrected chi connectivity index (χ2v) is 5.35. The van der Waals surface area contributed by atoms with E-state index in [4.69, 9.17) is 4.74 Å². The Balaban J connectivity index is 1.83. The van der Waals surface area contributed by atoms with Crippen LogP contribution in [0.5, 0.6) is 5.88 Å². The van der Waals surface area contributed by atoms with E-state index < -0.39 is 0 Å². The van der Waals surface area contributed by atoms with Crippen molar-refractivity contribution in [3.05, 3.63) is 59.3 Å². The van der Waals surface area contributed by atoms with Gasteiger partial charge in [0, 0.05) is 18.8 Å². The maximum absolute atomic E-state index is 12.0. The predicted octanol–water partition coefficient (Wildman–Crippen LogP) is 3.21. The molecule has 2 aromatic rings. The molecule has 2 N–H and O–H groups in total. The van der Waals surface area contributed by atoms with Gasteiger partial charge in [-0.05, 0) is 30.0 Å². The number of nitrogens with one attached hydrogen (secondary N) is 2. The topological polar surface area (TPSA) is 63.2 Å². The van der Waals surface area contributed by atoms with Gasteiger partial charge in [-0.25, -0.2) is 9.78 Å². The van der Waals surface area contributed by atoms with Gasteiger partial charge in [-0.3, -0.25) is 0 Å². The molecule has 122 valence electrons. The van der Waals surface area contributed by atoms with Crippen LogP contribution >= 0.6 is 0 Å². The first-order valence-corrected chi connectivity index (χ1v) is 7.74. The van der Waals surface area contributed by atoms with Gasteiger partial charge in [-0.1, -0.05) is 37.3 Å². The molecular formula is C18H23N3O2. The minimum absolute atomic E-state index is 0.0464. The number of hydrogen-bond donors (Lipinski definition) is 2. The van der Waals surface area contributed by atoms with Crippen molar-refractivity contribution < 1.29 is 9.53 Å². The Hall–Kier alpha value is -2.56. The first-order valence-electron chi connectivity index (χ1n) is 7.74. The Morgan fingerprint density at radius 2 is 1.87 bits per heavy atom. The van der Waals surface area contributed by atoms with Crippen molar-refractivity contribution in [2.45, 2.75) is 32.9 Å². The average Bonchev–Trinajstić information content (AvgIpc) is 2.60. The van der Waals surface area contributed by atoms with Crippen LogP contribution in [0.25, 0.3) is 0 Å². The fourth-order valence-electron chi connectivity index (χ4n) is 2.19. The molecule has 1 unspecified atom stereocenters. The Kier molecular flexibility index (Phi) is 5.97. The molecule has 1 aromatic heterocycles. The molecular weight excluding hydrogens is 290 g/mol. The Morgan fingerprint density at radius 3 is 2.43 bits per heavy atom. The number of aryl methyl sites for hydroxylation is 1. The molecule has 2 amide bonds. The molecule has 0 aliphatic rings. The van der Waals surface area contributed by atoms with Crippen LogP contribution in [0.4, 0.5) is 4.79 Å². The highest BCUT2D eigenvalue weighted by atomic mass is 16.5. The van der Waals surface area contributed by atoms with E-state index in [1.54, 1.807) is 19.4 Å². The maximum Gasteiger partial charge on any atom is 0.315 e. The number of hydrogen-bond acceptors (Lipinski definition) is 3.